The Labute approximate surface area is 94.2 Å². The van der Waals surface area contributed by atoms with Gasteiger partial charge in [0.05, 0.1) is 6.61 Å². The summed E-state index contributed by atoms with van der Waals surface area (Å²) in [4.78, 5) is 4.48. The quantitative estimate of drug-likeness (QED) is 0.855. The lowest BCUT2D eigenvalue weighted by Gasteiger charge is -2.04. The van der Waals surface area contributed by atoms with Crippen molar-refractivity contribution in [1.82, 2.24) is 9.36 Å². The minimum absolute atomic E-state index is 0.413. The number of nitrogens with zero attached hydrogens (tertiary/aromatic N) is 2. The van der Waals surface area contributed by atoms with Crippen LogP contribution in [0.3, 0.4) is 0 Å². The molecule has 0 amide bonds. The van der Waals surface area contributed by atoms with Gasteiger partial charge in [-0.15, -0.1) is 0 Å². The summed E-state index contributed by atoms with van der Waals surface area (Å²) in [7, 11) is 0. The van der Waals surface area contributed by atoms with Crippen LogP contribution in [0.5, 0.6) is 0 Å². The Hall–Kier alpha value is -0.680. The van der Waals surface area contributed by atoms with E-state index < -0.39 is 0 Å². The smallest absolute Gasteiger partial charge is 0.202 e. The molecule has 0 bridgehead atoms. The first-order valence-corrected chi connectivity index (χ1v) is 6.18. The molecule has 5 heteroatoms. The van der Waals surface area contributed by atoms with E-state index in [9.17, 15) is 0 Å². The lowest BCUT2D eigenvalue weighted by Crippen LogP contribution is -2.08. The van der Waals surface area contributed by atoms with E-state index in [1.165, 1.54) is 11.5 Å². The zero-order chi connectivity index (χ0) is 10.7. The lowest BCUT2D eigenvalue weighted by molar-refractivity contribution is 0.193. The summed E-state index contributed by atoms with van der Waals surface area (Å²) in [6.07, 6.45) is 1.06. The summed E-state index contributed by atoms with van der Waals surface area (Å²) in [6.45, 7) is 6.94. The molecule has 2 rings (SSSR count). The zero-order valence-electron chi connectivity index (χ0n) is 9.19. The van der Waals surface area contributed by atoms with Gasteiger partial charge in [0.2, 0.25) is 5.13 Å². The predicted octanol–water partition coefficient (Wildman–Crippen LogP) is 2.11. The highest BCUT2D eigenvalue weighted by Gasteiger charge is 2.21. The summed E-state index contributed by atoms with van der Waals surface area (Å²) in [5.41, 5.74) is 0. The van der Waals surface area contributed by atoms with Crippen LogP contribution in [-0.4, -0.2) is 29.1 Å². The Balaban J connectivity index is 1.91. The molecule has 1 unspecified atom stereocenters. The Bertz CT molecular complexity index is 307. The number of rotatable bonds is 4. The summed E-state index contributed by atoms with van der Waals surface area (Å²) < 4.78 is 9.69. The van der Waals surface area contributed by atoms with Gasteiger partial charge >= 0.3 is 0 Å². The van der Waals surface area contributed by atoms with Crippen molar-refractivity contribution < 1.29 is 4.74 Å². The summed E-state index contributed by atoms with van der Waals surface area (Å²) >= 11 is 1.45. The summed E-state index contributed by atoms with van der Waals surface area (Å²) in [6, 6.07) is 0. The highest BCUT2D eigenvalue weighted by molar-refractivity contribution is 7.09. The van der Waals surface area contributed by atoms with Crippen molar-refractivity contribution in [3.05, 3.63) is 5.82 Å². The van der Waals surface area contributed by atoms with Crippen LogP contribution in [0.15, 0.2) is 0 Å². The first kappa shape index (κ1) is 10.8. The maximum absolute atomic E-state index is 5.32. The molecule has 1 atom stereocenters. The van der Waals surface area contributed by atoms with E-state index in [2.05, 4.69) is 28.5 Å². The molecule has 0 spiro atoms. The van der Waals surface area contributed by atoms with Crippen molar-refractivity contribution in [3.8, 4) is 0 Å². The average Bonchev–Trinajstić information content (AvgIpc) is 2.85. The van der Waals surface area contributed by atoms with Gasteiger partial charge < -0.3 is 10.1 Å². The first-order chi connectivity index (χ1) is 7.25. The Kier molecular flexibility index (Phi) is 3.53. The van der Waals surface area contributed by atoms with Crippen molar-refractivity contribution in [1.29, 1.82) is 0 Å². The van der Waals surface area contributed by atoms with Crippen molar-refractivity contribution in [2.24, 2.45) is 5.92 Å². The van der Waals surface area contributed by atoms with E-state index in [1.54, 1.807) is 0 Å². The van der Waals surface area contributed by atoms with E-state index in [1.807, 2.05) is 0 Å². The maximum Gasteiger partial charge on any atom is 0.202 e. The van der Waals surface area contributed by atoms with Crippen molar-refractivity contribution in [2.45, 2.75) is 26.2 Å². The Morgan fingerprint density at radius 3 is 3.13 bits per heavy atom. The van der Waals surface area contributed by atoms with E-state index in [0.717, 1.165) is 37.1 Å². The number of nitrogens with one attached hydrogen (secondary N) is 1. The molecule has 1 aromatic rings. The average molecular weight is 227 g/mol. The fraction of sp³-hybridized carbons (Fsp3) is 0.800. The third-order valence-electron chi connectivity index (χ3n) is 2.40. The van der Waals surface area contributed by atoms with E-state index in [-0.39, 0.29) is 0 Å². The van der Waals surface area contributed by atoms with Crippen LogP contribution in [-0.2, 0) is 4.74 Å². The van der Waals surface area contributed by atoms with E-state index in [4.69, 9.17) is 4.74 Å². The number of aromatic nitrogens is 2. The van der Waals surface area contributed by atoms with Gasteiger partial charge in [-0.2, -0.15) is 4.37 Å². The third-order valence-corrected chi connectivity index (χ3v) is 3.09. The van der Waals surface area contributed by atoms with E-state index in [0.29, 0.717) is 11.8 Å². The van der Waals surface area contributed by atoms with Gasteiger partial charge in [0.15, 0.2) is 0 Å². The van der Waals surface area contributed by atoms with Crippen LogP contribution in [0.1, 0.15) is 32.0 Å². The molecule has 0 aromatic carbocycles. The minimum Gasteiger partial charge on any atom is -0.381 e. The lowest BCUT2D eigenvalue weighted by atomic mass is 10.1. The van der Waals surface area contributed by atoms with Crippen LogP contribution in [0.2, 0.25) is 0 Å². The van der Waals surface area contributed by atoms with Gasteiger partial charge in [0.1, 0.15) is 5.82 Å². The van der Waals surface area contributed by atoms with Gasteiger partial charge in [0, 0.05) is 30.6 Å². The normalized spacial score (nSPS) is 21.1. The molecule has 1 N–H and O–H groups in total. The van der Waals surface area contributed by atoms with Crippen molar-refractivity contribution in [2.75, 3.05) is 25.1 Å². The molecule has 0 aliphatic carbocycles. The van der Waals surface area contributed by atoms with Gasteiger partial charge in [-0.1, -0.05) is 13.8 Å². The second-order valence-corrected chi connectivity index (χ2v) is 5.04. The summed E-state index contributed by atoms with van der Waals surface area (Å²) in [5.74, 6) is 1.99. The van der Waals surface area contributed by atoms with Crippen LogP contribution in [0, 0.1) is 5.92 Å². The molecule has 1 fully saturated rings. The minimum atomic E-state index is 0.413. The molecule has 1 saturated heterocycles. The van der Waals surface area contributed by atoms with Crippen LogP contribution in [0.4, 0.5) is 5.13 Å². The standard InChI is InChI=1S/C10H17N3OS/c1-7(2)5-11-10-12-9(13-15-10)8-3-4-14-6-8/h7-8H,3-6H2,1-2H3,(H,11,12,13). The van der Waals surface area contributed by atoms with Gasteiger partial charge in [-0.3, -0.25) is 0 Å². The molecule has 84 valence electrons. The molecular formula is C10H17N3OS. The second kappa shape index (κ2) is 4.90. The van der Waals surface area contributed by atoms with Crippen LogP contribution < -0.4 is 5.32 Å². The topological polar surface area (TPSA) is 47.0 Å². The molecule has 1 aromatic heterocycles. The van der Waals surface area contributed by atoms with Crippen LogP contribution in [0.25, 0.3) is 0 Å². The second-order valence-electron chi connectivity index (χ2n) is 4.29. The van der Waals surface area contributed by atoms with Crippen LogP contribution >= 0.6 is 11.5 Å². The van der Waals surface area contributed by atoms with Gasteiger partial charge in [0.25, 0.3) is 0 Å². The molecule has 15 heavy (non-hydrogen) atoms. The number of ether oxygens (including phenoxy) is 1. The van der Waals surface area contributed by atoms with Crippen molar-refractivity contribution in [3.63, 3.8) is 0 Å². The number of hydrogen-bond acceptors (Lipinski definition) is 5. The van der Waals surface area contributed by atoms with Gasteiger partial charge in [-0.05, 0) is 12.3 Å². The van der Waals surface area contributed by atoms with E-state index >= 15 is 0 Å². The molecule has 0 radical (unpaired) electrons. The first-order valence-electron chi connectivity index (χ1n) is 5.41. The Morgan fingerprint density at radius 2 is 2.47 bits per heavy atom. The highest BCUT2D eigenvalue weighted by atomic mass is 32.1. The fourth-order valence-corrected chi connectivity index (χ4v) is 2.15. The molecular weight excluding hydrogens is 210 g/mol. The van der Waals surface area contributed by atoms with Crippen molar-refractivity contribution >= 4 is 16.7 Å². The monoisotopic (exact) mass is 227 g/mol. The molecule has 0 saturated carbocycles. The summed E-state index contributed by atoms with van der Waals surface area (Å²) in [5, 5.41) is 4.23. The number of hydrogen-bond donors (Lipinski definition) is 1. The maximum atomic E-state index is 5.32. The Morgan fingerprint density at radius 1 is 1.60 bits per heavy atom. The molecule has 1 aliphatic heterocycles. The largest absolute Gasteiger partial charge is 0.381 e. The molecule has 4 nitrogen and oxygen atoms in total. The fourth-order valence-electron chi connectivity index (χ4n) is 1.50. The third kappa shape index (κ3) is 2.89. The number of anilines is 1. The predicted molar refractivity (Wildman–Crippen MR) is 61.4 cm³/mol. The zero-order valence-corrected chi connectivity index (χ0v) is 10.0. The SMILES string of the molecule is CC(C)CNc1nc(C2CCOC2)ns1. The highest BCUT2D eigenvalue weighted by Crippen LogP contribution is 2.25. The van der Waals surface area contributed by atoms with Gasteiger partial charge in [-0.25, -0.2) is 4.98 Å². The molecule has 1 aliphatic rings. The molecule has 2 heterocycles.